The van der Waals surface area contributed by atoms with Crippen LogP contribution in [0, 0.1) is 0 Å². The fourth-order valence-corrected chi connectivity index (χ4v) is 2.70. The van der Waals surface area contributed by atoms with Crippen LogP contribution in [0.3, 0.4) is 0 Å². The molecule has 1 fully saturated rings. The lowest BCUT2D eigenvalue weighted by Crippen LogP contribution is -2.55. The number of ether oxygens (including phenoxy) is 2. The van der Waals surface area contributed by atoms with Crippen molar-refractivity contribution in [2.45, 2.75) is 57.5 Å². The third-order valence-corrected chi connectivity index (χ3v) is 3.81. The lowest BCUT2D eigenvalue weighted by Gasteiger charge is -2.47. The third kappa shape index (κ3) is 3.56. The van der Waals surface area contributed by atoms with E-state index in [4.69, 9.17) is 9.47 Å². The molecule has 0 unspecified atom stereocenters. The molecule has 2 rings (SSSR count). The molecule has 19 heavy (non-hydrogen) atoms. The van der Waals surface area contributed by atoms with Gasteiger partial charge in [-0.25, -0.2) is 0 Å². The van der Waals surface area contributed by atoms with Gasteiger partial charge in [-0.15, -0.1) is 0 Å². The van der Waals surface area contributed by atoms with Crippen LogP contribution in [0.5, 0.6) is 0 Å². The van der Waals surface area contributed by atoms with Crippen molar-refractivity contribution in [1.29, 1.82) is 0 Å². The molecule has 1 aliphatic heterocycles. The molecule has 1 saturated heterocycles. The summed E-state index contributed by atoms with van der Waals surface area (Å²) < 4.78 is 12.0. The van der Waals surface area contributed by atoms with Gasteiger partial charge in [0.2, 0.25) is 0 Å². The predicted molar refractivity (Wildman–Crippen MR) is 74.9 cm³/mol. The molecule has 106 valence electrons. The second-order valence-corrected chi connectivity index (χ2v) is 6.16. The highest BCUT2D eigenvalue weighted by molar-refractivity contribution is 5.13. The number of rotatable bonds is 4. The average Bonchev–Trinajstić information content (AvgIpc) is 2.38. The maximum atomic E-state index is 9.65. The molecule has 3 nitrogen and oxygen atoms in total. The van der Waals surface area contributed by atoms with Crippen molar-refractivity contribution in [1.82, 2.24) is 0 Å². The molecule has 0 radical (unpaired) electrons. The Balaban J connectivity index is 1.99. The summed E-state index contributed by atoms with van der Waals surface area (Å²) >= 11 is 0. The quantitative estimate of drug-likeness (QED) is 0.908. The van der Waals surface area contributed by atoms with Crippen LogP contribution < -0.4 is 0 Å². The second-order valence-electron chi connectivity index (χ2n) is 6.16. The van der Waals surface area contributed by atoms with E-state index in [2.05, 4.69) is 13.8 Å². The molecule has 0 amide bonds. The van der Waals surface area contributed by atoms with Crippen LogP contribution in [-0.2, 0) is 16.1 Å². The maximum absolute atomic E-state index is 9.65. The minimum atomic E-state index is -0.615. The minimum absolute atomic E-state index is 0.0180. The van der Waals surface area contributed by atoms with Crippen LogP contribution in [0.25, 0.3) is 0 Å². The van der Waals surface area contributed by atoms with E-state index in [1.54, 1.807) is 0 Å². The summed E-state index contributed by atoms with van der Waals surface area (Å²) in [6.07, 6.45) is 1.80. The Hall–Kier alpha value is -0.900. The first-order valence-corrected chi connectivity index (χ1v) is 6.92. The third-order valence-electron chi connectivity index (χ3n) is 3.81. The first-order valence-electron chi connectivity index (χ1n) is 6.92. The number of aliphatic hydroxyl groups is 1. The van der Waals surface area contributed by atoms with Gasteiger partial charge in [0, 0.05) is 0 Å². The lowest BCUT2D eigenvalue weighted by atomic mass is 9.86. The van der Waals surface area contributed by atoms with Crippen LogP contribution >= 0.6 is 0 Å². The van der Waals surface area contributed by atoms with Crippen molar-refractivity contribution >= 4 is 0 Å². The first-order chi connectivity index (χ1) is 8.95. The van der Waals surface area contributed by atoms with E-state index in [1.807, 2.05) is 37.3 Å². The van der Waals surface area contributed by atoms with Crippen LogP contribution in [0.2, 0.25) is 0 Å². The van der Waals surface area contributed by atoms with Crippen molar-refractivity contribution in [2.24, 2.45) is 0 Å². The van der Waals surface area contributed by atoms with Gasteiger partial charge in [0.05, 0.1) is 24.9 Å². The summed E-state index contributed by atoms with van der Waals surface area (Å²) in [5, 5.41) is 9.65. The SMILES string of the molecule is CC1(C)CC[C@H](OCc2ccccc2)[C@@](C)(CO)O1. The molecule has 0 spiro atoms. The number of aliphatic hydroxyl groups excluding tert-OH is 1. The number of benzene rings is 1. The Kier molecular flexibility index (Phi) is 4.29. The van der Waals surface area contributed by atoms with Gasteiger partial charge in [0.25, 0.3) is 0 Å². The van der Waals surface area contributed by atoms with E-state index < -0.39 is 5.60 Å². The highest BCUT2D eigenvalue weighted by Gasteiger charge is 2.44. The molecule has 2 atom stereocenters. The zero-order valence-electron chi connectivity index (χ0n) is 12.1. The van der Waals surface area contributed by atoms with Gasteiger partial charge in [-0.1, -0.05) is 30.3 Å². The normalized spacial score (nSPS) is 30.2. The summed E-state index contributed by atoms with van der Waals surface area (Å²) in [6.45, 7) is 6.60. The van der Waals surface area contributed by atoms with Gasteiger partial charge in [-0.05, 0) is 39.2 Å². The van der Waals surface area contributed by atoms with Crippen molar-refractivity contribution in [2.75, 3.05) is 6.61 Å². The summed E-state index contributed by atoms with van der Waals surface area (Å²) in [5.41, 5.74) is 0.341. The largest absolute Gasteiger partial charge is 0.393 e. The minimum Gasteiger partial charge on any atom is -0.393 e. The molecule has 1 heterocycles. The Morgan fingerprint density at radius 2 is 1.95 bits per heavy atom. The van der Waals surface area contributed by atoms with Gasteiger partial charge in [-0.3, -0.25) is 0 Å². The van der Waals surface area contributed by atoms with Crippen molar-refractivity contribution in [3.8, 4) is 0 Å². The Bertz CT molecular complexity index is 402. The van der Waals surface area contributed by atoms with E-state index in [0.717, 1.165) is 18.4 Å². The average molecular weight is 264 g/mol. The molecular weight excluding hydrogens is 240 g/mol. The van der Waals surface area contributed by atoms with E-state index in [-0.39, 0.29) is 18.3 Å². The van der Waals surface area contributed by atoms with Gasteiger partial charge >= 0.3 is 0 Å². The molecule has 1 aromatic carbocycles. The number of hydrogen-bond acceptors (Lipinski definition) is 3. The Morgan fingerprint density at radius 1 is 1.26 bits per heavy atom. The second kappa shape index (κ2) is 5.61. The molecule has 0 aromatic heterocycles. The van der Waals surface area contributed by atoms with E-state index >= 15 is 0 Å². The molecule has 3 heteroatoms. The topological polar surface area (TPSA) is 38.7 Å². The summed E-state index contributed by atoms with van der Waals surface area (Å²) in [6, 6.07) is 10.1. The monoisotopic (exact) mass is 264 g/mol. The fraction of sp³-hybridized carbons (Fsp3) is 0.625. The molecule has 1 aliphatic rings. The lowest BCUT2D eigenvalue weighted by molar-refractivity contribution is -0.243. The summed E-state index contributed by atoms with van der Waals surface area (Å²) in [7, 11) is 0. The van der Waals surface area contributed by atoms with Gasteiger partial charge in [0.1, 0.15) is 5.60 Å². The molecule has 0 bridgehead atoms. The van der Waals surface area contributed by atoms with Gasteiger partial charge in [0.15, 0.2) is 0 Å². The number of hydrogen-bond donors (Lipinski definition) is 1. The van der Waals surface area contributed by atoms with E-state index in [1.165, 1.54) is 0 Å². The van der Waals surface area contributed by atoms with Gasteiger partial charge < -0.3 is 14.6 Å². The molecule has 1 N–H and O–H groups in total. The smallest absolute Gasteiger partial charge is 0.115 e. The molecular formula is C16H24O3. The molecule has 0 aliphatic carbocycles. The van der Waals surface area contributed by atoms with Crippen LogP contribution in [0.1, 0.15) is 39.2 Å². The van der Waals surface area contributed by atoms with Crippen LogP contribution in [0.15, 0.2) is 30.3 Å². The maximum Gasteiger partial charge on any atom is 0.115 e. The zero-order valence-corrected chi connectivity index (χ0v) is 12.1. The van der Waals surface area contributed by atoms with Crippen LogP contribution in [-0.4, -0.2) is 29.0 Å². The van der Waals surface area contributed by atoms with Gasteiger partial charge in [-0.2, -0.15) is 0 Å². The standard InChI is InChI=1S/C16H24O3/c1-15(2)10-9-14(16(3,12-17)19-15)18-11-13-7-5-4-6-8-13/h4-8,14,17H,9-12H2,1-3H3/t14-,16+/m0/s1. The summed E-state index contributed by atoms with van der Waals surface area (Å²) in [4.78, 5) is 0. The summed E-state index contributed by atoms with van der Waals surface area (Å²) in [5.74, 6) is 0. The van der Waals surface area contributed by atoms with Crippen LogP contribution in [0.4, 0.5) is 0 Å². The Labute approximate surface area is 115 Å². The van der Waals surface area contributed by atoms with Crippen molar-refractivity contribution in [3.05, 3.63) is 35.9 Å². The predicted octanol–water partition coefficient (Wildman–Crippen LogP) is 2.91. The molecule has 1 aromatic rings. The van der Waals surface area contributed by atoms with Crippen molar-refractivity contribution in [3.63, 3.8) is 0 Å². The van der Waals surface area contributed by atoms with Crippen molar-refractivity contribution < 1.29 is 14.6 Å². The highest BCUT2D eigenvalue weighted by atomic mass is 16.6. The first kappa shape index (κ1) is 14.5. The highest BCUT2D eigenvalue weighted by Crippen LogP contribution is 2.37. The van der Waals surface area contributed by atoms with E-state index in [0.29, 0.717) is 6.61 Å². The van der Waals surface area contributed by atoms with E-state index in [9.17, 15) is 5.11 Å². The fourth-order valence-electron chi connectivity index (χ4n) is 2.70. The Morgan fingerprint density at radius 3 is 2.58 bits per heavy atom. The zero-order chi connectivity index (χ0) is 13.9. The molecule has 0 saturated carbocycles.